The molecule has 0 aliphatic heterocycles. The minimum atomic E-state index is 0.520. The van der Waals surface area contributed by atoms with Gasteiger partial charge in [-0.1, -0.05) is 146 Å². The van der Waals surface area contributed by atoms with E-state index in [1.54, 1.807) is 0 Å². The van der Waals surface area contributed by atoms with E-state index < -0.39 is 0 Å². The Bertz CT molecular complexity index is 4200. The molecule has 14 rings (SSSR count). The van der Waals surface area contributed by atoms with Crippen molar-refractivity contribution in [2.24, 2.45) is 0 Å². The highest BCUT2D eigenvalue weighted by Gasteiger charge is 2.25. The Morgan fingerprint density at radius 1 is 0.312 bits per heavy atom. The summed E-state index contributed by atoms with van der Waals surface area (Å²) in [7, 11) is 0. The molecule has 0 atom stereocenters. The molecule has 7 heteroatoms. The lowest BCUT2D eigenvalue weighted by molar-refractivity contribution is 0.666. The standard InChI is InChI=1S/C57H33N5O2/c1-3-14-34(15-4-1)36-26-30-51-45(32-36)43-21-13-24-48(54(43)64-51)61-46-22-10-7-18-38(46)41-28-29-42-39-19-8-11-23-47(39)62(53(42)52(41)61)57-59-55(35-16-5-2-6-17-35)58-56(60-57)37-27-31-50-44(33-37)40-20-9-12-25-49(40)63-50/h1-33H. The summed E-state index contributed by atoms with van der Waals surface area (Å²) in [5.41, 5.74) is 12.4. The molecule has 298 valence electrons. The van der Waals surface area contributed by atoms with Crippen molar-refractivity contribution in [3.8, 4) is 45.5 Å². The van der Waals surface area contributed by atoms with E-state index in [1.807, 2.05) is 48.5 Å². The summed E-state index contributed by atoms with van der Waals surface area (Å²) in [6.07, 6.45) is 0. The second-order valence-electron chi connectivity index (χ2n) is 16.4. The molecule has 0 saturated heterocycles. The van der Waals surface area contributed by atoms with Gasteiger partial charge in [0, 0.05) is 54.2 Å². The second kappa shape index (κ2) is 13.3. The van der Waals surface area contributed by atoms with Gasteiger partial charge in [0.1, 0.15) is 16.7 Å². The molecule has 0 bridgehead atoms. The lowest BCUT2D eigenvalue weighted by atomic mass is 10.0. The number of para-hydroxylation sites is 4. The third-order valence-corrected chi connectivity index (χ3v) is 12.8. The fourth-order valence-corrected chi connectivity index (χ4v) is 9.90. The van der Waals surface area contributed by atoms with Crippen LogP contribution in [-0.2, 0) is 0 Å². The van der Waals surface area contributed by atoms with Crippen LogP contribution in [0.4, 0.5) is 0 Å². The molecule has 0 N–H and O–H groups in total. The number of fused-ring (bicyclic) bond motifs is 13. The third kappa shape index (κ3) is 5.06. The van der Waals surface area contributed by atoms with Gasteiger partial charge in [0.2, 0.25) is 5.95 Å². The van der Waals surface area contributed by atoms with Crippen LogP contribution in [0.3, 0.4) is 0 Å². The van der Waals surface area contributed by atoms with Gasteiger partial charge in [0.25, 0.3) is 0 Å². The highest BCUT2D eigenvalue weighted by molar-refractivity contribution is 6.24. The molecule has 0 amide bonds. The summed E-state index contributed by atoms with van der Waals surface area (Å²) < 4.78 is 17.7. The van der Waals surface area contributed by atoms with Crippen LogP contribution in [0, 0.1) is 0 Å². The maximum Gasteiger partial charge on any atom is 0.238 e. The fraction of sp³-hybridized carbons (Fsp3) is 0. The molecule has 0 spiro atoms. The van der Waals surface area contributed by atoms with Gasteiger partial charge >= 0.3 is 0 Å². The summed E-state index contributed by atoms with van der Waals surface area (Å²) in [6.45, 7) is 0. The first-order valence-corrected chi connectivity index (χ1v) is 21.4. The quantitative estimate of drug-likeness (QED) is 0.173. The molecule has 0 fully saturated rings. The largest absolute Gasteiger partial charge is 0.456 e. The van der Waals surface area contributed by atoms with E-state index in [9.17, 15) is 0 Å². The molecule has 14 aromatic rings. The van der Waals surface area contributed by atoms with Crippen molar-refractivity contribution in [3.63, 3.8) is 0 Å². The molecule has 0 radical (unpaired) electrons. The maximum atomic E-state index is 6.90. The normalized spacial score (nSPS) is 12.1. The van der Waals surface area contributed by atoms with Gasteiger partial charge in [0.15, 0.2) is 17.2 Å². The Balaban J connectivity index is 1.08. The van der Waals surface area contributed by atoms with E-state index in [0.717, 1.165) is 110 Å². The maximum absolute atomic E-state index is 6.90. The van der Waals surface area contributed by atoms with Crippen LogP contribution < -0.4 is 0 Å². The smallest absolute Gasteiger partial charge is 0.238 e. The molecule has 0 unspecified atom stereocenters. The molecule has 0 aliphatic rings. The van der Waals surface area contributed by atoms with Gasteiger partial charge in [0.05, 0.1) is 27.8 Å². The monoisotopic (exact) mass is 819 g/mol. The Hall–Kier alpha value is -8.81. The molecule has 7 nitrogen and oxygen atoms in total. The van der Waals surface area contributed by atoms with Crippen LogP contribution in [0.5, 0.6) is 0 Å². The van der Waals surface area contributed by atoms with Gasteiger partial charge in [-0.15, -0.1) is 0 Å². The van der Waals surface area contributed by atoms with E-state index in [0.29, 0.717) is 17.6 Å². The summed E-state index contributed by atoms with van der Waals surface area (Å²) in [5, 5.41) is 8.62. The van der Waals surface area contributed by atoms with Gasteiger partial charge in [-0.05, 0) is 65.7 Å². The Morgan fingerprint density at radius 2 is 0.844 bits per heavy atom. The number of rotatable bonds is 5. The summed E-state index contributed by atoms with van der Waals surface area (Å²) in [4.78, 5) is 15.9. The lowest BCUT2D eigenvalue weighted by Gasteiger charge is -2.13. The van der Waals surface area contributed by atoms with Crippen molar-refractivity contribution in [2.75, 3.05) is 0 Å². The molecule has 64 heavy (non-hydrogen) atoms. The van der Waals surface area contributed by atoms with Crippen molar-refractivity contribution >= 4 is 87.5 Å². The SMILES string of the molecule is c1ccc(-c2ccc3oc4c(-n5c6ccccc6c6ccc7c8ccccc8n(-c8nc(-c9ccccc9)nc(-c9ccc%10oc%11ccccc%11c%10c9)n8)c7c65)cccc4c3c2)cc1. The van der Waals surface area contributed by atoms with Gasteiger partial charge < -0.3 is 13.4 Å². The van der Waals surface area contributed by atoms with Crippen LogP contribution in [0.15, 0.2) is 209 Å². The lowest BCUT2D eigenvalue weighted by Crippen LogP contribution is -2.07. The molecule has 0 saturated carbocycles. The predicted octanol–water partition coefficient (Wildman–Crippen LogP) is 14.9. The first-order chi connectivity index (χ1) is 31.7. The molecule has 5 aromatic heterocycles. The number of nitrogens with zero attached hydrogens (tertiary/aromatic N) is 5. The van der Waals surface area contributed by atoms with E-state index in [-0.39, 0.29) is 0 Å². The van der Waals surface area contributed by atoms with Gasteiger partial charge in [-0.2, -0.15) is 9.97 Å². The molecular weight excluding hydrogens is 787 g/mol. The first-order valence-electron chi connectivity index (χ1n) is 21.4. The zero-order chi connectivity index (χ0) is 41.9. The van der Waals surface area contributed by atoms with Crippen molar-refractivity contribution in [2.45, 2.75) is 0 Å². The molecular formula is C57H33N5O2. The van der Waals surface area contributed by atoms with Crippen LogP contribution in [0.1, 0.15) is 0 Å². The highest BCUT2D eigenvalue weighted by Crippen LogP contribution is 2.44. The Morgan fingerprint density at radius 3 is 1.59 bits per heavy atom. The zero-order valence-corrected chi connectivity index (χ0v) is 34.1. The number of aromatic nitrogens is 5. The van der Waals surface area contributed by atoms with Crippen molar-refractivity contribution in [3.05, 3.63) is 200 Å². The topological polar surface area (TPSA) is 74.8 Å². The van der Waals surface area contributed by atoms with Gasteiger partial charge in [-0.3, -0.25) is 4.57 Å². The molecule has 0 aliphatic carbocycles. The Kier molecular flexibility index (Phi) is 7.27. The van der Waals surface area contributed by atoms with E-state index in [4.69, 9.17) is 23.8 Å². The van der Waals surface area contributed by atoms with Crippen molar-refractivity contribution in [1.29, 1.82) is 0 Å². The number of hydrogen-bond donors (Lipinski definition) is 0. The van der Waals surface area contributed by atoms with E-state index in [2.05, 4.69) is 161 Å². The fourth-order valence-electron chi connectivity index (χ4n) is 9.90. The highest BCUT2D eigenvalue weighted by atomic mass is 16.3. The van der Waals surface area contributed by atoms with Crippen LogP contribution in [-0.4, -0.2) is 24.1 Å². The van der Waals surface area contributed by atoms with Gasteiger partial charge in [-0.25, -0.2) is 4.98 Å². The average Bonchev–Trinajstić information content (AvgIpc) is 4.12. The summed E-state index contributed by atoms with van der Waals surface area (Å²) in [5.74, 6) is 1.67. The first kappa shape index (κ1) is 34.9. The minimum absolute atomic E-state index is 0.520. The van der Waals surface area contributed by atoms with Crippen molar-refractivity contribution in [1.82, 2.24) is 24.1 Å². The number of furan rings is 2. The third-order valence-electron chi connectivity index (χ3n) is 12.8. The second-order valence-corrected chi connectivity index (χ2v) is 16.4. The summed E-state index contributed by atoms with van der Waals surface area (Å²) >= 11 is 0. The van der Waals surface area contributed by atoms with E-state index >= 15 is 0 Å². The summed E-state index contributed by atoms with van der Waals surface area (Å²) in [6, 6.07) is 69.6. The van der Waals surface area contributed by atoms with Crippen LogP contribution in [0.25, 0.3) is 133 Å². The van der Waals surface area contributed by atoms with Crippen molar-refractivity contribution < 1.29 is 8.83 Å². The zero-order valence-electron chi connectivity index (χ0n) is 34.1. The van der Waals surface area contributed by atoms with Crippen LogP contribution >= 0.6 is 0 Å². The molecule has 5 heterocycles. The predicted molar refractivity (Wildman–Crippen MR) is 259 cm³/mol. The number of benzene rings is 9. The van der Waals surface area contributed by atoms with Crippen LogP contribution in [0.2, 0.25) is 0 Å². The molecule has 9 aromatic carbocycles. The Labute approximate surface area is 364 Å². The minimum Gasteiger partial charge on any atom is -0.456 e. The average molecular weight is 820 g/mol. The number of hydrogen-bond acceptors (Lipinski definition) is 5. The van der Waals surface area contributed by atoms with E-state index in [1.165, 1.54) is 5.56 Å².